The number of carboxylic acids is 1. The summed E-state index contributed by atoms with van der Waals surface area (Å²) >= 11 is 5.87. The maximum atomic E-state index is 11.8. The molecule has 1 aromatic rings. The highest BCUT2D eigenvalue weighted by atomic mass is 35.5. The summed E-state index contributed by atoms with van der Waals surface area (Å²) in [5.41, 5.74) is 0.473. The normalized spacial score (nSPS) is 11.6. The summed E-state index contributed by atoms with van der Waals surface area (Å²) in [6, 6.07) is 4.52. The van der Waals surface area contributed by atoms with Crippen molar-refractivity contribution in [2.75, 3.05) is 19.0 Å². The average molecular weight is 315 g/mol. The predicted octanol–water partition coefficient (Wildman–Crippen LogP) is 2.97. The fourth-order valence-corrected chi connectivity index (χ4v) is 1.86. The van der Waals surface area contributed by atoms with Gasteiger partial charge in [0.1, 0.15) is 5.75 Å². The SMILES string of the molecule is COc1ccc(Cl)cc1NC(=O)NCC(C)CCC(=O)O. The van der Waals surface area contributed by atoms with Crippen LogP contribution in [0.1, 0.15) is 19.8 Å². The first-order valence-electron chi connectivity index (χ1n) is 6.52. The number of amides is 2. The Bertz CT molecular complexity index is 508. The number of halogens is 1. The van der Waals surface area contributed by atoms with Crippen molar-refractivity contribution in [3.05, 3.63) is 23.2 Å². The van der Waals surface area contributed by atoms with Crippen LogP contribution in [0.25, 0.3) is 0 Å². The van der Waals surface area contributed by atoms with Crippen LogP contribution >= 0.6 is 11.6 Å². The number of methoxy groups -OCH3 is 1. The first kappa shape index (κ1) is 17.1. The van der Waals surface area contributed by atoms with Crippen molar-refractivity contribution in [3.8, 4) is 5.75 Å². The number of aliphatic carboxylic acids is 1. The lowest BCUT2D eigenvalue weighted by Gasteiger charge is -2.14. The maximum absolute atomic E-state index is 11.8. The quantitative estimate of drug-likeness (QED) is 0.722. The van der Waals surface area contributed by atoms with Gasteiger partial charge in [-0.2, -0.15) is 0 Å². The predicted molar refractivity (Wildman–Crippen MR) is 81.1 cm³/mol. The largest absolute Gasteiger partial charge is 0.495 e. The molecule has 0 saturated carbocycles. The van der Waals surface area contributed by atoms with Crippen LogP contribution in [0.4, 0.5) is 10.5 Å². The lowest BCUT2D eigenvalue weighted by molar-refractivity contribution is -0.137. The van der Waals surface area contributed by atoms with Gasteiger partial charge in [0.05, 0.1) is 12.8 Å². The van der Waals surface area contributed by atoms with Crippen molar-refractivity contribution in [2.24, 2.45) is 5.92 Å². The minimum Gasteiger partial charge on any atom is -0.495 e. The van der Waals surface area contributed by atoms with Gasteiger partial charge in [0, 0.05) is 18.0 Å². The van der Waals surface area contributed by atoms with E-state index in [2.05, 4.69) is 10.6 Å². The van der Waals surface area contributed by atoms with Crippen molar-refractivity contribution in [2.45, 2.75) is 19.8 Å². The van der Waals surface area contributed by atoms with E-state index >= 15 is 0 Å². The molecule has 1 unspecified atom stereocenters. The Labute approximate surface area is 128 Å². The monoisotopic (exact) mass is 314 g/mol. The van der Waals surface area contributed by atoms with Gasteiger partial charge in [-0.1, -0.05) is 18.5 Å². The van der Waals surface area contributed by atoms with Gasteiger partial charge in [-0.3, -0.25) is 4.79 Å². The fourth-order valence-electron chi connectivity index (χ4n) is 1.68. The Morgan fingerprint density at radius 3 is 2.76 bits per heavy atom. The highest BCUT2D eigenvalue weighted by Gasteiger charge is 2.10. The summed E-state index contributed by atoms with van der Waals surface area (Å²) in [7, 11) is 1.50. The summed E-state index contributed by atoms with van der Waals surface area (Å²) in [5.74, 6) is -0.253. The van der Waals surface area contributed by atoms with Crippen molar-refractivity contribution in [3.63, 3.8) is 0 Å². The second-order valence-electron chi connectivity index (χ2n) is 4.72. The molecule has 21 heavy (non-hydrogen) atoms. The molecule has 0 saturated heterocycles. The first-order chi connectivity index (χ1) is 9.92. The molecule has 0 aromatic heterocycles. The smallest absolute Gasteiger partial charge is 0.319 e. The molecule has 116 valence electrons. The number of rotatable bonds is 7. The standard InChI is InChI=1S/C14H19ClN2O4/c1-9(3-6-13(18)19)8-16-14(20)17-11-7-10(15)4-5-12(11)21-2/h4-5,7,9H,3,6,8H2,1-2H3,(H,18,19)(H2,16,17,20). The summed E-state index contributed by atoms with van der Waals surface area (Å²) < 4.78 is 5.13. The highest BCUT2D eigenvalue weighted by Crippen LogP contribution is 2.27. The number of carboxylic acid groups (broad SMARTS) is 1. The Hall–Kier alpha value is -1.95. The zero-order valence-electron chi connectivity index (χ0n) is 12.0. The van der Waals surface area contributed by atoms with Gasteiger partial charge in [0.15, 0.2) is 0 Å². The van der Waals surface area contributed by atoms with Crippen molar-refractivity contribution < 1.29 is 19.4 Å². The van der Waals surface area contributed by atoms with E-state index in [1.165, 1.54) is 7.11 Å². The Morgan fingerprint density at radius 2 is 2.14 bits per heavy atom. The number of ether oxygens (including phenoxy) is 1. The van der Waals surface area contributed by atoms with Gasteiger partial charge in [0.25, 0.3) is 0 Å². The van der Waals surface area contributed by atoms with Crippen LogP contribution in [0.5, 0.6) is 5.75 Å². The summed E-state index contributed by atoms with van der Waals surface area (Å²) in [6.07, 6.45) is 0.600. The molecule has 3 N–H and O–H groups in total. The van der Waals surface area contributed by atoms with E-state index in [1.807, 2.05) is 6.92 Å². The molecule has 1 rings (SSSR count). The van der Waals surface area contributed by atoms with Gasteiger partial charge >= 0.3 is 12.0 Å². The zero-order chi connectivity index (χ0) is 15.8. The number of benzene rings is 1. The Kier molecular flexibility index (Phi) is 6.81. The summed E-state index contributed by atoms with van der Waals surface area (Å²) in [6.45, 7) is 2.27. The van der Waals surface area contributed by atoms with E-state index in [0.717, 1.165) is 0 Å². The van der Waals surface area contributed by atoms with E-state index in [1.54, 1.807) is 18.2 Å². The maximum Gasteiger partial charge on any atom is 0.319 e. The van der Waals surface area contributed by atoms with Crippen LogP contribution < -0.4 is 15.4 Å². The molecule has 0 aliphatic carbocycles. The third kappa shape index (κ3) is 6.35. The van der Waals surface area contributed by atoms with Gasteiger partial charge in [-0.15, -0.1) is 0 Å². The molecule has 0 aliphatic rings. The van der Waals surface area contributed by atoms with Crippen LogP contribution in [-0.2, 0) is 4.79 Å². The average Bonchev–Trinajstić information content (AvgIpc) is 2.43. The fraction of sp³-hybridized carbons (Fsp3) is 0.429. The van der Waals surface area contributed by atoms with E-state index in [0.29, 0.717) is 29.4 Å². The molecule has 0 bridgehead atoms. The second kappa shape index (κ2) is 8.36. The van der Waals surface area contributed by atoms with Crippen LogP contribution in [0.2, 0.25) is 5.02 Å². The van der Waals surface area contributed by atoms with E-state index in [4.69, 9.17) is 21.4 Å². The van der Waals surface area contributed by atoms with Crippen LogP contribution in [0.15, 0.2) is 18.2 Å². The summed E-state index contributed by atoms with van der Waals surface area (Å²) in [5, 5.41) is 14.4. The molecule has 0 spiro atoms. The minimum absolute atomic E-state index is 0.0770. The molecule has 1 atom stereocenters. The second-order valence-corrected chi connectivity index (χ2v) is 5.15. The molecule has 1 aromatic carbocycles. The van der Waals surface area contributed by atoms with E-state index in [9.17, 15) is 9.59 Å². The van der Waals surface area contributed by atoms with Crippen molar-refractivity contribution in [1.82, 2.24) is 5.32 Å². The molecule has 0 aliphatic heterocycles. The molecule has 0 radical (unpaired) electrons. The van der Waals surface area contributed by atoms with Gasteiger partial charge < -0.3 is 20.5 Å². The molecular weight excluding hydrogens is 296 g/mol. The topological polar surface area (TPSA) is 87.7 Å². The molecule has 2 amide bonds. The molecule has 7 heteroatoms. The van der Waals surface area contributed by atoms with Gasteiger partial charge in [-0.25, -0.2) is 4.79 Å². The van der Waals surface area contributed by atoms with Gasteiger partial charge in [-0.05, 0) is 30.5 Å². The number of urea groups is 1. The number of hydrogen-bond donors (Lipinski definition) is 3. The third-order valence-electron chi connectivity index (χ3n) is 2.87. The lowest BCUT2D eigenvalue weighted by Crippen LogP contribution is -2.32. The minimum atomic E-state index is -0.838. The molecular formula is C14H19ClN2O4. The molecule has 6 nitrogen and oxygen atoms in total. The van der Waals surface area contributed by atoms with Gasteiger partial charge in [0.2, 0.25) is 0 Å². The number of nitrogens with one attached hydrogen (secondary N) is 2. The number of carbonyl (C=O) groups excluding carboxylic acids is 1. The molecule has 0 heterocycles. The number of hydrogen-bond acceptors (Lipinski definition) is 3. The number of anilines is 1. The first-order valence-corrected chi connectivity index (χ1v) is 6.90. The number of carbonyl (C=O) groups is 2. The van der Waals surface area contributed by atoms with E-state index < -0.39 is 12.0 Å². The van der Waals surface area contributed by atoms with E-state index in [-0.39, 0.29) is 12.3 Å². The van der Waals surface area contributed by atoms with Crippen molar-refractivity contribution >= 4 is 29.3 Å². The third-order valence-corrected chi connectivity index (χ3v) is 3.11. The van der Waals surface area contributed by atoms with Crippen LogP contribution in [0.3, 0.4) is 0 Å². The lowest BCUT2D eigenvalue weighted by atomic mass is 10.1. The Balaban J connectivity index is 2.47. The Morgan fingerprint density at radius 1 is 1.43 bits per heavy atom. The van der Waals surface area contributed by atoms with Crippen LogP contribution in [0, 0.1) is 5.92 Å². The zero-order valence-corrected chi connectivity index (χ0v) is 12.7. The van der Waals surface area contributed by atoms with Crippen molar-refractivity contribution in [1.29, 1.82) is 0 Å². The van der Waals surface area contributed by atoms with Crippen LogP contribution in [-0.4, -0.2) is 30.8 Å². The highest BCUT2D eigenvalue weighted by molar-refractivity contribution is 6.31. The molecule has 0 fully saturated rings. The summed E-state index contributed by atoms with van der Waals surface area (Å²) in [4.78, 5) is 22.3.